The summed E-state index contributed by atoms with van der Waals surface area (Å²) in [5, 5.41) is 8.76. The molecule has 0 spiro atoms. The number of nitrogens with zero attached hydrogens (tertiary/aromatic N) is 2. The molecule has 0 saturated carbocycles. The lowest BCUT2D eigenvalue weighted by molar-refractivity contribution is -0.121. The van der Waals surface area contributed by atoms with Crippen LogP contribution in [0.15, 0.2) is 24.3 Å². The van der Waals surface area contributed by atoms with Gasteiger partial charge in [0.25, 0.3) is 0 Å². The molecule has 2 heterocycles. The van der Waals surface area contributed by atoms with Crippen molar-refractivity contribution in [2.75, 3.05) is 19.8 Å². The predicted molar refractivity (Wildman–Crippen MR) is 108 cm³/mol. The molecule has 1 aromatic carbocycles. The molecule has 5 nitrogen and oxygen atoms in total. The molecule has 0 unspecified atom stereocenters. The van der Waals surface area contributed by atoms with E-state index in [-0.39, 0.29) is 11.3 Å². The number of amides is 1. The molecule has 1 aliphatic heterocycles. The van der Waals surface area contributed by atoms with Crippen LogP contribution in [0.3, 0.4) is 0 Å². The fourth-order valence-corrected chi connectivity index (χ4v) is 4.30. The lowest BCUT2D eigenvalue weighted by Crippen LogP contribution is -2.45. The molecule has 1 aromatic heterocycles. The second kappa shape index (κ2) is 8.63. The number of carbonyl (C=O) groups is 1. The first kappa shape index (κ1) is 20.2. The van der Waals surface area contributed by atoms with E-state index < -0.39 is 0 Å². The Balaban J connectivity index is 1.66. The Hall–Kier alpha value is -1.56. The van der Waals surface area contributed by atoms with Crippen LogP contribution in [0.5, 0.6) is 0 Å². The highest BCUT2D eigenvalue weighted by molar-refractivity contribution is 6.35. The van der Waals surface area contributed by atoms with E-state index >= 15 is 0 Å². The lowest BCUT2D eigenvalue weighted by Gasteiger charge is -2.38. The van der Waals surface area contributed by atoms with Gasteiger partial charge in [-0.15, -0.1) is 0 Å². The molecule has 7 heteroatoms. The topological polar surface area (TPSA) is 56.2 Å². The molecular weight excluding hydrogens is 385 g/mol. The Morgan fingerprint density at radius 3 is 2.63 bits per heavy atom. The van der Waals surface area contributed by atoms with Gasteiger partial charge in [-0.05, 0) is 50.5 Å². The molecule has 1 amide bonds. The standard InChI is InChI=1S/C20H25Cl2N3O2/c1-14-11-15(2)25(24-14)8-5-19(26)23-13-20(6-9-27-10-7-20)17-4-3-16(21)12-18(17)22/h3-4,11-12H,5-10,13H2,1-2H3,(H,23,26). The largest absolute Gasteiger partial charge is 0.381 e. The molecule has 0 aliphatic carbocycles. The Morgan fingerprint density at radius 2 is 2.00 bits per heavy atom. The van der Waals surface area contributed by atoms with E-state index in [1.165, 1.54) is 0 Å². The summed E-state index contributed by atoms with van der Waals surface area (Å²) in [4.78, 5) is 12.5. The average molecular weight is 410 g/mol. The second-order valence-electron chi connectivity index (χ2n) is 7.19. The Bertz CT molecular complexity index is 814. The van der Waals surface area contributed by atoms with E-state index in [9.17, 15) is 4.79 Å². The van der Waals surface area contributed by atoms with Crippen molar-refractivity contribution < 1.29 is 9.53 Å². The monoisotopic (exact) mass is 409 g/mol. The van der Waals surface area contributed by atoms with Crippen molar-refractivity contribution in [1.82, 2.24) is 15.1 Å². The second-order valence-corrected chi connectivity index (χ2v) is 8.04. The Morgan fingerprint density at radius 1 is 1.26 bits per heavy atom. The minimum Gasteiger partial charge on any atom is -0.381 e. The summed E-state index contributed by atoms with van der Waals surface area (Å²) in [5.74, 6) is 0.0125. The van der Waals surface area contributed by atoms with Crippen LogP contribution in [-0.4, -0.2) is 35.4 Å². The Kier molecular flexibility index (Phi) is 6.45. The number of hydrogen-bond donors (Lipinski definition) is 1. The fourth-order valence-electron chi connectivity index (χ4n) is 3.69. The van der Waals surface area contributed by atoms with Crippen LogP contribution in [0.2, 0.25) is 10.0 Å². The fraction of sp³-hybridized carbons (Fsp3) is 0.500. The highest BCUT2D eigenvalue weighted by Gasteiger charge is 2.36. The van der Waals surface area contributed by atoms with Crippen molar-refractivity contribution >= 4 is 29.1 Å². The zero-order valence-corrected chi connectivity index (χ0v) is 17.2. The van der Waals surface area contributed by atoms with E-state index in [1.54, 1.807) is 6.07 Å². The molecule has 3 rings (SSSR count). The summed E-state index contributed by atoms with van der Waals surface area (Å²) in [7, 11) is 0. The van der Waals surface area contributed by atoms with Crippen LogP contribution in [0.25, 0.3) is 0 Å². The number of aromatic nitrogens is 2. The zero-order chi connectivity index (χ0) is 19.4. The van der Waals surface area contributed by atoms with E-state index in [2.05, 4.69) is 10.4 Å². The summed E-state index contributed by atoms with van der Waals surface area (Å²) in [6.45, 7) is 6.37. The SMILES string of the molecule is Cc1cc(C)n(CCC(=O)NCC2(c3ccc(Cl)cc3Cl)CCOCC2)n1. The summed E-state index contributed by atoms with van der Waals surface area (Å²) in [6.07, 6.45) is 2.01. The maximum atomic E-state index is 12.5. The number of hydrogen-bond acceptors (Lipinski definition) is 3. The van der Waals surface area contributed by atoms with Crippen LogP contribution in [0, 0.1) is 13.8 Å². The molecule has 0 bridgehead atoms. The van der Waals surface area contributed by atoms with E-state index in [0.29, 0.717) is 42.8 Å². The maximum absolute atomic E-state index is 12.5. The van der Waals surface area contributed by atoms with E-state index in [4.69, 9.17) is 27.9 Å². The van der Waals surface area contributed by atoms with Crippen molar-refractivity contribution in [3.05, 3.63) is 51.3 Å². The summed E-state index contributed by atoms with van der Waals surface area (Å²) in [5.41, 5.74) is 2.82. The Labute approximate surface area is 170 Å². The number of aryl methyl sites for hydroxylation is 3. The minimum absolute atomic E-state index is 0.0125. The van der Waals surface area contributed by atoms with Gasteiger partial charge >= 0.3 is 0 Å². The number of benzene rings is 1. The first-order valence-electron chi connectivity index (χ1n) is 9.21. The third kappa shape index (κ3) is 4.84. The van der Waals surface area contributed by atoms with Crippen LogP contribution >= 0.6 is 23.2 Å². The lowest BCUT2D eigenvalue weighted by atomic mass is 9.74. The molecule has 0 radical (unpaired) electrons. The van der Waals surface area contributed by atoms with Crippen molar-refractivity contribution in [2.24, 2.45) is 0 Å². The van der Waals surface area contributed by atoms with Gasteiger partial charge < -0.3 is 10.1 Å². The molecule has 0 atom stereocenters. The number of nitrogens with one attached hydrogen (secondary N) is 1. The molecule has 2 aromatic rings. The van der Waals surface area contributed by atoms with Gasteiger partial charge in [-0.2, -0.15) is 5.10 Å². The van der Waals surface area contributed by atoms with Crippen LogP contribution in [0.1, 0.15) is 36.2 Å². The molecule has 1 N–H and O–H groups in total. The van der Waals surface area contributed by atoms with Gasteiger partial charge in [-0.25, -0.2) is 0 Å². The molecule has 1 fully saturated rings. The highest BCUT2D eigenvalue weighted by Crippen LogP contribution is 2.39. The van der Waals surface area contributed by atoms with Crippen molar-refractivity contribution in [2.45, 2.75) is 45.1 Å². The molecule has 27 heavy (non-hydrogen) atoms. The summed E-state index contributed by atoms with van der Waals surface area (Å²) < 4.78 is 7.41. The van der Waals surface area contributed by atoms with Crippen LogP contribution in [0.4, 0.5) is 0 Å². The van der Waals surface area contributed by atoms with Crippen LogP contribution in [-0.2, 0) is 21.5 Å². The first-order valence-corrected chi connectivity index (χ1v) is 9.96. The predicted octanol–water partition coefficient (Wildman–Crippen LogP) is 4.06. The van der Waals surface area contributed by atoms with Crippen molar-refractivity contribution in [3.8, 4) is 0 Å². The molecular formula is C20H25Cl2N3O2. The van der Waals surface area contributed by atoms with Crippen LogP contribution < -0.4 is 5.32 Å². The van der Waals surface area contributed by atoms with E-state index in [1.807, 2.05) is 36.7 Å². The smallest absolute Gasteiger partial charge is 0.221 e. The minimum atomic E-state index is -0.228. The molecule has 1 saturated heterocycles. The van der Waals surface area contributed by atoms with Crippen molar-refractivity contribution in [3.63, 3.8) is 0 Å². The number of carbonyl (C=O) groups excluding carboxylic acids is 1. The number of rotatable bonds is 6. The third-order valence-electron chi connectivity index (χ3n) is 5.23. The van der Waals surface area contributed by atoms with Gasteiger partial charge in [0.05, 0.1) is 5.69 Å². The quantitative estimate of drug-likeness (QED) is 0.782. The van der Waals surface area contributed by atoms with Gasteiger partial charge in [0.1, 0.15) is 0 Å². The summed E-state index contributed by atoms with van der Waals surface area (Å²) >= 11 is 12.5. The highest BCUT2D eigenvalue weighted by atomic mass is 35.5. The van der Waals surface area contributed by atoms with Gasteiger partial charge in [0.2, 0.25) is 5.91 Å². The summed E-state index contributed by atoms with van der Waals surface area (Å²) in [6, 6.07) is 7.60. The van der Waals surface area contributed by atoms with E-state index in [0.717, 1.165) is 29.8 Å². The normalized spacial score (nSPS) is 16.3. The maximum Gasteiger partial charge on any atom is 0.221 e. The van der Waals surface area contributed by atoms with Gasteiger partial charge in [0, 0.05) is 53.9 Å². The third-order valence-corrected chi connectivity index (χ3v) is 5.78. The number of ether oxygens (including phenoxy) is 1. The first-order chi connectivity index (χ1) is 12.9. The van der Waals surface area contributed by atoms with Gasteiger partial charge in [-0.1, -0.05) is 29.3 Å². The number of halogens is 2. The molecule has 1 aliphatic rings. The van der Waals surface area contributed by atoms with Crippen molar-refractivity contribution in [1.29, 1.82) is 0 Å². The van der Waals surface area contributed by atoms with Gasteiger partial charge in [0.15, 0.2) is 0 Å². The zero-order valence-electron chi connectivity index (χ0n) is 15.7. The average Bonchev–Trinajstić information content (AvgIpc) is 2.96. The molecule has 146 valence electrons. The van der Waals surface area contributed by atoms with Gasteiger partial charge in [-0.3, -0.25) is 9.48 Å².